The molecule has 1 aromatic heterocycles. The average molecular weight is 285 g/mol. The summed E-state index contributed by atoms with van der Waals surface area (Å²) in [7, 11) is 3.85. The zero-order chi connectivity index (χ0) is 14.3. The van der Waals surface area contributed by atoms with Crippen molar-refractivity contribution in [3.8, 4) is 0 Å². The van der Waals surface area contributed by atoms with Crippen molar-refractivity contribution in [2.45, 2.75) is 32.7 Å². The summed E-state index contributed by atoms with van der Waals surface area (Å²) in [4.78, 5) is 6.93. The zero-order valence-electron chi connectivity index (χ0n) is 12.8. The predicted octanol–water partition coefficient (Wildman–Crippen LogP) is 2.11. The van der Waals surface area contributed by atoms with Gasteiger partial charge in [0.15, 0.2) is 0 Å². The van der Waals surface area contributed by atoms with Gasteiger partial charge in [-0.05, 0) is 7.05 Å². The Morgan fingerprint density at radius 2 is 2.11 bits per heavy atom. The highest BCUT2D eigenvalue weighted by Crippen LogP contribution is 2.25. The summed E-state index contributed by atoms with van der Waals surface area (Å²) in [6.45, 7) is 11.2. The lowest BCUT2D eigenvalue weighted by Crippen LogP contribution is -2.31. The normalized spacial score (nSPS) is 12.3. The van der Waals surface area contributed by atoms with Gasteiger partial charge in [-0.15, -0.1) is 11.3 Å². The quantitative estimate of drug-likeness (QED) is 0.742. The van der Waals surface area contributed by atoms with E-state index in [1.807, 2.05) is 0 Å². The van der Waals surface area contributed by atoms with Crippen molar-refractivity contribution >= 4 is 11.3 Å². The zero-order valence-corrected chi connectivity index (χ0v) is 13.6. The molecule has 1 rings (SSSR count). The number of hydrogen-bond acceptors (Lipinski definition) is 5. The summed E-state index contributed by atoms with van der Waals surface area (Å²) in [5.41, 5.74) is 1.30. The molecule has 5 heteroatoms. The molecule has 0 aliphatic carbocycles. The average Bonchev–Trinajstić information content (AvgIpc) is 2.80. The molecule has 0 amide bonds. The number of methoxy groups -OCH3 is 1. The first-order valence-corrected chi connectivity index (χ1v) is 7.64. The van der Waals surface area contributed by atoms with Crippen LogP contribution in [0, 0.1) is 0 Å². The number of aromatic nitrogens is 1. The van der Waals surface area contributed by atoms with E-state index in [1.165, 1.54) is 5.01 Å². The summed E-state index contributed by atoms with van der Waals surface area (Å²) in [6.07, 6.45) is 0. The Morgan fingerprint density at radius 3 is 2.68 bits per heavy atom. The maximum Gasteiger partial charge on any atom is 0.0982 e. The first-order chi connectivity index (χ1) is 8.93. The molecular weight excluding hydrogens is 258 g/mol. The fraction of sp³-hybridized carbons (Fsp3) is 0.786. The fourth-order valence-electron chi connectivity index (χ4n) is 1.58. The van der Waals surface area contributed by atoms with E-state index < -0.39 is 0 Å². The Morgan fingerprint density at radius 1 is 1.37 bits per heavy atom. The Balaban J connectivity index is 2.21. The van der Waals surface area contributed by atoms with Gasteiger partial charge in [0.25, 0.3) is 0 Å². The van der Waals surface area contributed by atoms with Crippen LogP contribution >= 0.6 is 11.3 Å². The predicted molar refractivity (Wildman–Crippen MR) is 81.9 cm³/mol. The Kier molecular flexibility index (Phi) is 6.93. The Bertz CT molecular complexity index is 360. The van der Waals surface area contributed by atoms with Crippen LogP contribution in [0.25, 0.3) is 0 Å². The molecule has 1 aromatic rings. The van der Waals surface area contributed by atoms with E-state index in [9.17, 15) is 0 Å². The second-order valence-corrected chi connectivity index (χ2v) is 6.72. The van der Waals surface area contributed by atoms with Gasteiger partial charge < -0.3 is 15.0 Å². The van der Waals surface area contributed by atoms with Gasteiger partial charge in [-0.1, -0.05) is 20.8 Å². The number of hydrogen-bond donors (Lipinski definition) is 1. The van der Waals surface area contributed by atoms with E-state index in [-0.39, 0.29) is 5.41 Å². The molecule has 0 atom stereocenters. The third-order valence-corrected chi connectivity index (χ3v) is 4.16. The van der Waals surface area contributed by atoms with Crippen LogP contribution in [0.15, 0.2) is 5.38 Å². The number of ether oxygens (including phenoxy) is 1. The molecule has 0 spiro atoms. The van der Waals surface area contributed by atoms with Crippen molar-refractivity contribution in [3.63, 3.8) is 0 Å². The fourth-order valence-corrected chi connectivity index (χ4v) is 2.49. The van der Waals surface area contributed by atoms with Crippen molar-refractivity contribution in [1.29, 1.82) is 0 Å². The molecule has 0 unspecified atom stereocenters. The van der Waals surface area contributed by atoms with Crippen LogP contribution in [0.3, 0.4) is 0 Å². The topological polar surface area (TPSA) is 37.4 Å². The molecular formula is C14H27N3OS. The van der Waals surface area contributed by atoms with Crippen LogP contribution in [0.1, 0.15) is 31.5 Å². The minimum atomic E-state index is 0.156. The monoisotopic (exact) mass is 285 g/mol. The largest absolute Gasteiger partial charge is 0.383 e. The second-order valence-electron chi connectivity index (χ2n) is 5.87. The minimum Gasteiger partial charge on any atom is -0.383 e. The summed E-state index contributed by atoms with van der Waals surface area (Å²) >= 11 is 1.75. The van der Waals surface area contributed by atoms with Crippen molar-refractivity contribution < 1.29 is 4.74 Å². The van der Waals surface area contributed by atoms with Gasteiger partial charge in [0.05, 0.1) is 17.3 Å². The Labute approximate surface area is 121 Å². The first-order valence-electron chi connectivity index (χ1n) is 6.76. The van der Waals surface area contributed by atoms with Crippen LogP contribution < -0.4 is 5.32 Å². The molecule has 0 saturated heterocycles. The van der Waals surface area contributed by atoms with Crippen molar-refractivity contribution in [3.05, 3.63) is 16.1 Å². The van der Waals surface area contributed by atoms with E-state index in [0.29, 0.717) is 0 Å². The van der Waals surface area contributed by atoms with Gasteiger partial charge in [-0.2, -0.15) is 0 Å². The molecule has 1 N–H and O–H groups in total. The number of thiazole rings is 1. The van der Waals surface area contributed by atoms with Crippen LogP contribution in [0.5, 0.6) is 0 Å². The molecule has 0 fully saturated rings. The van der Waals surface area contributed by atoms with Gasteiger partial charge in [-0.3, -0.25) is 0 Å². The van der Waals surface area contributed by atoms with E-state index in [1.54, 1.807) is 18.4 Å². The van der Waals surface area contributed by atoms with Gasteiger partial charge in [0.2, 0.25) is 0 Å². The van der Waals surface area contributed by atoms with E-state index in [0.717, 1.165) is 38.5 Å². The molecule has 1 heterocycles. The van der Waals surface area contributed by atoms with Crippen LogP contribution in [-0.2, 0) is 16.7 Å². The number of likely N-dealkylation sites (N-methyl/N-ethyl adjacent to an activating group) is 1. The Hall–Kier alpha value is -0.490. The molecule has 110 valence electrons. The highest BCUT2D eigenvalue weighted by Gasteiger charge is 2.17. The molecule has 0 bridgehead atoms. The number of nitrogens with one attached hydrogen (secondary N) is 1. The molecule has 19 heavy (non-hydrogen) atoms. The number of rotatable bonds is 8. The molecule has 0 radical (unpaired) electrons. The highest BCUT2D eigenvalue weighted by molar-refractivity contribution is 7.09. The summed E-state index contributed by atoms with van der Waals surface area (Å²) in [5.74, 6) is 0. The maximum absolute atomic E-state index is 5.05. The number of nitrogens with zero attached hydrogens (tertiary/aromatic N) is 2. The molecule has 4 nitrogen and oxygen atoms in total. The maximum atomic E-state index is 5.05. The summed E-state index contributed by atoms with van der Waals surface area (Å²) in [6, 6.07) is 0. The lowest BCUT2D eigenvalue weighted by atomic mass is 9.98. The summed E-state index contributed by atoms with van der Waals surface area (Å²) in [5, 5.41) is 6.80. The van der Waals surface area contributed by atoms with E-state index in [4.69, 9.17) is 4.74 Å². The highest BCUT2D eigenvalue weighted by atomic mass is 32.1. The van der Waals surface area contributed by atoms with Crippen LogP contribution in [0.4, 0.5) is 0 Å². The third kappa shape index (κ3) is 6.47. The smallest absolute Gasteiger partial charge is 0.0982 e. The second kappa shape index (κ2) is 7.94. The minimum absolute atomic E-state index is 0.156. The van der Waals surface area contributed by atoms with Crippen molar-refractivity contribution in [1.82, 2.24) is 15.2 Å². The first kappa shape index (κ1) is 16.6. The van der Waals surface area contributed by atoms with Gasteiger partial charge in [0, 0.05) is 44.1 Å². The lowest BCUT2D eigenvalue weighted by Gasteiger charge is -2.16. The molecule has 0 aromatic carbocycles. The van der Waals surface area contributed by atoms with Crippen LogP contribution in [0.2, 0.25) is 0 Å². The SMILES string of the molecule is COCCN(C)CCNCc1csc(C(C)(C)C)n1. The van der Waals surface area contributed by atoms with E-state index >= 15 is 0 Å². The van der Waals surface area contributed by atoms with Crippen molar-refractivity contribution in [2.24, 2.45) is 0 Å². The van der Waals surface area contributed by atoms with E-state index in [2.05, 4.69) is 48.4 Å². The standard InChI is InChI=1S/C14H27N3OS/c1-14(2,3)13-16-12(11-19-13)10-15-6-7-17(4)8-9-18-5/h11,15H,6-10H2,1-5H3. The van der Waals surface area contributed by atoms with Gasteiger partial charge in [-0.25, -0.2) is 4.98 Å². The van der Waals surface area contributed by atoms with Gasteiger partial charge >= 0.3 is 0 Å². The molecule has 0 saturated carbocycles. The summed E-state index contributed by atoms with van der Waals surface area (Å²) < 4.78 is 5.05. The molecule has 0 aliphatic rings. The third-order valence-electron chi connectivity index (χ3n) is 2.85. The van der Waals surface area contributed by atoms with Crippen molar-refractivity contribution in [2.75, 3.05) is 40.4 Å². The lowest BCUT2D eigenvalue weighted by molar-refractivity contribution is 0.161. The van der Waals surface area contributed by atoms with Gasteiger partial charge in [0.1, 0.15) is 0 Å². The van der Waals surface area contributed by atoms with Crippen LogP contribution in [-0.4, -0.2) is 50.3 Å². The molecule has 0 aliphatic heterocycles.